The molecule has 2 rings (SSSR count). The first kappa shape index (κ1) is 20.2. The molecule has 0 heterocycles. The SMILES string of the molecule is CCC(Cc1ccccc1)N(CC)C(=O)c1ccc(CN)cc1.Cl. The molecule has 0 bridgehead atoms. The van der Waals surface area contributed by atoms with E-state index in [1.807, 2.05) is 54.3 Å². The molecular formula is C20H27ClN2O. The zero-order valence-corrected chi connectivity index (χ0v) is 15.3. The van der Waals surface area contributed by atoms with Crippen LogP contribution < -0.4 is 5.73 Å². The van der Waals surface area contributed by atoms with Crippen LogP contribution in [-0.4, -0.2) is 23.4 Å². The van der Waals surface area contributed by atoms with Crippen molar-refractivity contribution in [1.29, 1.82) is 0 Å². The Labute approximate surface area is 151 Å². The number of carbonyl (C=O) groups is 1. The van der Waals surface area contributed by atoms with Gasteiger partial charge in [0.2, 0.25) is 0 Å². The highest BCUT2D eigenvalue weighted by atomic mass is 35.5. The third-order valence-corrected chi connectivity index (χ3v) is 4.26. The topological polar surface area (TPSA) is 46.3 Å². The zero-order valence-electron chi connectivity index (χ0n) is 14.4. The number of likely N-dealkylation sites (N-methyl/N-ethyl adjacent to an activating group) is 1. The van der Waals surface area contributed by atoms with Crippen molar-refractivity contribution >= 4 is 18.3 Å². The average molecular weight is 347 g/mol. The highest BCUT2D eigenvalue weighted by Gasteiger charge is 2.22. The second-order valence-corrected chi connectivity index (χ2v) is 5.74. The number of halogens is 1. The Morgan fingerprint density at radius 1 is 1.00 bits per heavy atom. The summed E-state index contributed by atoms with van der Waals surface area (Å²) in [7, 11) is 0. The maximum Gasteiger partial charge on any atom is 0.254 e. The number of benzene rings is 2. The van der Waals surface area contributed by atoms with Gasteiger partial charge in [-0.3, -0.25) is 4.79 Å². The minimum Gasteiger partial charge on any atom is -0.336 e. The van der Waals surface area contributed by atoms with Crippen LogP contribution in [-0.2, 0) is 13.0 Å². The Kier molecular flexibility index (Phi) is 8.51. The Bertz CT molecular complexity index is 613. The second-order valence-electron chi connectivity index (χ2n) is 5.74. The van der Waals surface area contributed by atoms with E-state index in [-0.39, 0.29) is 24.4 Å². The average Bonchev–Trinajstić information content (AvgIpc) is 2.62. The third kappa shape index (κ3) is 5.08. The van der Waals surface area contributed by atoms with Gasteiger partial charge in [-0.15, -0.1) is 12.4 Å². The molecule has 0 radical (unpaired) electrons. The van der Waals surface area contributed by atoms with Gasteiger partial charge < -0.3 is 10.6 Å². The highest BCUT2D eigenvalue weighted by Crippen LogP contribution is 2.16. The van der Waals surface area contributed by atoms with E-state index in [4.69, 9.17) is 5.73 Å². The van der Waals surface area contributed by atoms with E-state index in [9.17, 15) is 4.79 Å². The Hall–Kier alpha value is -1.84. The zero-order chi connectivity index (χ0) is 16.7. The fraction of sp³-hybridized carbons (Fsp3) is 0.350. The van der Waals surface area contributed by atoms with E-state index in [1.54, 1.807) is 0 Å². The second kappa shape index (κ2) is 10.1. The van der Waals surface area contributed by atoms with Gasteiger partial charge in [0.25, 0.3) is 5.91 Å². The van der Waals surface area contributed by atoms with E-state index < -0.39 is 0 Å². The van der Waals surface area contributed by atoms with Gasteiger partial charge in [-0.1, -0.05) is 49.4 Å². The van der Waals surface area contributed by atoms with E-state index in [2.05, 4.69) is 19.1 Å². The molecule has 3 nitrogen and oxygen atoms in total. The van der Waals surface area contributed by atoms with Crippen LogP contribution in [0.3, 0.4) is 0 Å². The van der Waals surface area contributed by atoms with Crippen molar-refractivity contribution in [3.05, 3.63) is 71.3 Å². The molecule has 24 heavy (non-hydrogen) atoms. The maximum atomic E-state index is 12.9. The Balaban J connectivity index is 0.00000288. The monoisotopic (exact) mass is 346 g/mol. The van der Waals surface area contributed by atoms with Crippen LogP contribution in [0.4, 0.5) is 0 Å². The number of nitrogens with two attached hydrogens (primary N) is 1. The fourth-order valence-electron chi connectivity index (χ4n) is 2.88. The number of rotatable bonds is 7. The molecule has 2 N–H and O–H groups in total. The standard InChI is InChI=1S/C20H26N2O.ClH/c1-3-19(14-16-8-6-5-7-9-16)22(4-2)20(23)18-12-10-17(15-21)11-13-18;/h5-13,19H,3-4,14-15,21H2,1-2H3;1H. The molecule has 0 aliphatic carbocycles. The Morgan fingerprint density at radius 2 is 1.62 bits per heavy atom. The minimum atomic E-state index is 0. The van der Waals surface area contributed by atoms with Gasteiger partial charge >= 0.3 is 0 Å². The van der Waals surface area contributed by atoms with Crippen molar-refractivity contribution in [2.45, 2.75) is 39.3 Å². The molecule has 130 valence electrons. The molecule has 2 aromatic carbocycles. The summed E-state index contributed by atoms with van der Waals surface area (Å²) < 4.78 is 0. The highest BCUT2D eigenvalue weighted by molar-refractivity contribution is 5.94. The van der Waals surface area contributed by atoms with Gasteiger partial charge in [0.1, 0.15) is 0 Å². The van der Waals surface area contributed by atoms with E-state index >= 15 is 0 Å². The quantitative estimate of drug-likeness (QED) is 0.822. The number of hydrogen-bond donors (Lipinski definition) is 1. The van der Waals surface area contributed by atoms with Crippen LogP contribution in [0.15, 0.2) is 54.6 Å². The largest absolute Gasteiger partial charge is 0.336 e. The summed E-state index contributed by atoms with van der Waals surface area (Å²) in [6.07, 6.45) is 1.83. The molecule has 1 unspecified atom stereocenters. The van der Waals surface area contributed by atoms with Gasteiger partial charge in [0.15, 0.2) is 0 Å². The predicted octanol–water partition coefficient (Wildman–Crippen LogP) is 4.05. The van der Waals surface area contributed by atoms with E-state index in [1.165, 1.54) is 5.56 Å². The van der Waals surface area contributed by atoms with Crippen LogP contribution >= 0.6 is 12.4 Å². The van der Waals surface area contributed by atoms with E-state index in [0.29, 0.717) is 13.1 Å². The summed E-state index contributed by atoms with van der Waals surface area (Å²) in [5.74, 6) is 0.0962. The van der Waals surface area contributed by atoms with Crippen molar-refractivity contribution in [1.82, 2.24) is 4.90 Å². The van der Waals surface area contributed by atoms with Crippen LogP contribution in [0.5, 0.6) is 0 Å². The van der Waals surface area contributed by atoms with Crippen LogP contribution in [0.25, 0.3) is 0 Å². The van der Waals surface area contributed by atoms with Crippen molar-refractivity contribution in [3.63, 3.8) is 0 Å². The summed E-state index contributed by atoms with van der Waals surface area (Å²) in [5.41, 5.74) is 8.66. The van der Waals surface area contributed by atoms with Gasteiger partial charge in [0, 0.05) is 24.7 Å². The fourth-order valence-corrected chi connectivity index (χ4v) is 2.88. The molecular weight excluding hydrogens is 320 g/mol. The third-order valence-electron chi connectivity index (χ3n) is 4.26. The van der Waals surface area contributed by atoms with Crippen molar-refractivity contribution < 1.29 is 4.79 Å². The molecule has 0 saturated heterocycles. The molecule has 0 aromatic heterocycles. The molecule has 2 aromatic rings. The van der Waals surface area contributed by atoms with Crippen LogP contribution in [0, 0.1) is 0 Å². The predicted molar refractivity (Wildman–Crippen MR) is 103 cm³/mol. The van der Waals surface area contributed by atoms with Gasteiger partial charge in [-0.25, -0.2) is 0 Å². The number of hydrogen-bond acceptors (Lipinski definition) is 2. The smallest absolute Gasteiger partial charge is 0.254 e. The number of amides is 1. The summed E-state index contributed by atoms with van der Waals surface area (Å²) in [6.45, 7) is 5.39. The lowest BCUT2D eigenvalue weighted by atomic mass is 10.0. The first-order valence-electron chi connectivity index (χ1n) is 8.33. The van der Waals surface area contributed by atoms with Crippen LogP contribution in [0.1, 0.15) is 41.8 Å². The van der Waals surface area contributed by atoms with Gasteiger partial charge in [0.05, 0.1) is 0 Å². The lowest BCUT2D eigenvalue weighted by Crippen LogP contribution is -2.41. The molecule has 1 atom stereocenters. The molecule has 0 fully saturated rings. The van der Waals surface area contributed by atoms with Gasteiger partial charge in [-0.05, 0) is 43.0 Å². The molecule has 1 amide bonds. The molecule has 0 spiro atoms. The number of nitrogens with zero attached hydrogens (tertiary/aromatic N) is 1. The van der Waals surface area contributed by atoms with Gasteiger partial charge in [-0.2, -0.15) is 0 Å². The minimum absolute atomic E-state index is 0. The first-order valence-corrected chi connectivity index (χ1v) is 8.33. The summed E-state index contributed by atoms with van der Waals surface area (Å²) >= 11 is 0. The summed E-state index contributed by atoms with van der Waals surface area (Å²) in [5, 5.41) is 0. The number of carbonyl (C=O) groups excluding carboxylic acids is 1. The van der Waals surface area contributed by atoms with E-state index in [0.717, 1.165) is 24.0 Å². The summed E-state index contributed by atoms with van der Waals surface area (Å²) in [6, 6.07) is 18.2. The van der Waals surface area contributed by atoms with Crippen LogP contribution in [0.2, 0.25) is 0 Å². The first-order chi connectivity index (χ1) is 11.2. The normalized spacial score (nSPS) is 11.5. The Morgan fingerprint density at radius 3 is 2.12 bits per heavy atom. The maximum absolute atomic E-state index is 12.9. The lowest BCUT2D eigenvalue weighted by Gasteiger charge is -2.30. The molecule has 0 aliphatic heterocycles. The molecule has 0 saturated carbocycles. The summed E-state index contributed by atoms with van der Waals surface area (Å²) in [4.78, 5) is 14.8. The molecule has 0 aliphatic rings. The van der Waals surface area contributed by atoms with Crippen molar-refractivity contribution in [3.8, 4) is 0 Å². The van der Waals surface area contributed by atoms with Crippen molar-refractivity contribution in [2.75, 3.05) is 6.54 Å². The lowest BCUT2D eigenvalue weighted by molar-refractivity contribution is 0.0684. The van der Waals surface area contributed by atoms with Crippen molar-refractivity contribution in [2.24, 2.45) is 5.73 Å². The molecule has 4 heteroatoms.